The van der Waals surface area contributed by atoms with Gasteiger partial charge in [-0.15, -0.1) is 0 Å². The lowest BCUT2D eigenvalue weighted by molar-refractivity contribution is 0.122. The first-order valence-electron chi connectivity index (χ1n) is 10.3. The number of nitrogens with zero attached hydrogens (tertiary/aromatic N) is 4. The van der Waals surface area contributed by atoms with Crippen LogP contribution >= 0.6 is 0 Å². The number of aromatic nitrogens is 1. The molecule has 2 aliphatic heterocycles. The van der Waals surface area contributed by atoms with Gasteiger partial charge in [-0.05, 0) is 30.2 Å². The smallest absolute Gasteiger partial charge is 0.322 e. The second-order valence-electron chi connectivity index (χ2n) is 7.60. The molecule has 1 fully saturated rings. The molecule has 1 aromatic carbocycles. The lowest BCUT2D eigenvalue weighted by atomic mass is 10.1. The number of pyridine rings is 1. The molecular formula is C22H29N5O2. The van der Waals surface area contributed by atoms with E-state index in [0.717, 1.165) is 37.6 Å². The molecule has 4 rings (SSSR count). The van der Waals surface area contributed by atoms with E-state index in [-0.39, 0.29) is 12.1 Å². The molecule has 29 heavy (non-hydrogen) atoms. The number of likely N-dealkylation sites (N-methyl/N-ethyl adjacent to an activating group) is 1. The van der Waals surface area contributed by atoms with Crippen LogP contribution < -0.4 is 15.1 Å². The number of anilines is 3. The topological polar surface area (TPSA) is 60.9 Å². The summed E-state index contributed by atoms with van der Waals surface area (Å²) in [5.74, 6) is 0.810. The number of fused-ring (bicyclic) bond motifs is 1. The van der Waals surface area contributed by atoms with Gasteiger partial charge in [-0.25, -0.2) is 9.78 Å². The first kappa shape index (κ1) is 19.5. The molecular weight excluding hydrogens is 366 g/mol. The summed E-state index contributed by atoms with van der Waals surface area (Å²) in [7, 11) is 2.10. The van der Waals surface area contributed by atoms with Crippen molar-refractivity contribution in [3.8, 4) is 0 Å². The zero-order valence-corrected chi connectivity index (χ0v) is 17.2. The first-order valence-corrected chi connectivity index (χ1v) is 10.3. The quantitative estimate of drug-likeness (QED) is 0.865. The minimum Gasteiger partial charge on any atom is -0.378 e. The summed E-state index contributed by atoms with van der Waals surface area (Å²) in [4.78, 5) is 24.3. The SMILES string of the molecule is CCC1CN(C)c2ccccc2CN1C(=O)Nc1cccnc1N1CCOCC1. The maximum atomic E-state index is 13.4. The normalized spacial score (nSPS) is 19.5. The average molecular weight is 396 g/mol. The summed E-state index contributed by atoms with van der Waals surface area (Å²) in [6.45, 7) is 6.45. The summed E-state index contributed by atoms with van der Waals surface area (Å²) < 4.78 is 5.45. The van der Waals surface area contributed by atoms with Crippen molar-refractivity contribution in [1.82, 2.24) is 9.88 Å². The van der Waals surface area contributed by atoms with Crippen LogP contribution in [0.3, 0.4) is 0 Å². The molecule has 2 aliphatic rings. The standard InChI is InChI=1S/C22H29N5O2/c1-3-18-16-25(2)20-9-5-4-7-17(20)15-27(18)22(28)24-19-8-6-10-23-21(19)26-11-13-29-14-12-26/h4-10,18H,3,11-16H2,1-2H3,(H,24,28). The summed E-state index contributed by atoms with van der Waals surface area (Å²) >= 11 is 0. The van der Waals surface area contributed by atoms with E-state index in [4.69, 9.17) is 4.74 Å². The Morgan fingerprint density at radius 2 is 2.00 bits per heavy atom. The van der Waals surface area contributed by atoms with Crippen molar-refractivity contribution in [3.63, 3.8) is 0 Å². The van der Waals surface area contributed by atoms with Crippen molar-refractivity contribution in [2.75, 3.05) is 55.0 Å². The predicted molar refractivity (Wildman–Crippen MR) is 116 cm³/mol. The third-order valence-corrected chi connectivity index (χ3v) is 5.74. The number of ether oxygens (including phenoxy) is 1. The predicted octanol–water partition coefficient (Wildman–Crippen LogP) is 3.18. The molecule has 0 spiro atoms. The van der Waals surface area contributed by atoms with E-state index >= 15 is 0 Å². The van der Waals surface area contributed by atoms with E-state index < -0.39 is 0 Å². The zero-order chi connectivity index (χ0) is 20.2. The van der Waals surface area contributed by atoms with Gasteiger partial charge in [0.05, 0.1) is 24.9 Å². The molecule has 1 aromatic heterocycles. The van der Waals surface area contributed by atoms with Gasteiger partial charge in [-0.1, -0.05) is 25.1 Å². The second-order valence-corrected chi connectivity index (χ2v) is 7.60. The van der Waals surface area contributed by atoms with Crippen LogP contribution in [0.5, 0.6) is 0 Å². The Kier molecular flexibility index (Phi) is 5.85. The van der Waals surface area contributed by atoms with Crippen LogP contribution in [0.4, 0.5) is 22.0 Å². The van der Waals surface area contributed by atoms with Crippen LogP contribution in [0.15, 0.2) is 42.6 Å². The van der Waals surface area contributed by atoms with Crippen molar-refractivity contribution in [2.24, 2.45) is 0 Å². The number of nitrogens with one attached hydrogen (secondary N) is 1. The largest absolute Gasteiger partial charge is 0.378 e. The molecule has 1 saturated heterocycles. The average Bonchev–Trinajstić information content (AvgIpc) is 2.91. The number of urea groups is 1. The number of hydrogen-bond acceptors (Lipinski definition) is 5. The molecule has 0 saturated carbocycles. The maximum absolute atomic E-state index is 13.4. The molecule has 1 unspecified atom stereocenters. The molecule has 2 amide bonds. The Morgan fingerprint density at radius 1 is 1.21 bits per heavy atom. The van der Waals surface area contributed by atoms with E-state index in [1.165, 1.54) is 11.3 Å². The van der Waals surface area contributed by atoms with Crippen LogP contribution in [0, 0.1) is 0 Å². The van der Waals surface area contributed by atoms with Crippen LogP contribution in [-0.2, 0) is 11.3 Å². The zero-order valence-electron chi connectivity index (χ0n) is 17.2. The summed E-state index contributed by atoms with van der Waals surface area (Å²) in [5, 5.41) is 3.14. The van der Waals surface area contributed by atoms with Crippen molar-refractivity contribution < 1.29 is 9.53 Å². The molecule has 7 nitrogen and oxygen atoms in total. The fourth-order valence-corrected chi connectivity index (χ4v) is 4.14. The van der Waals surface area contributed by atoms with Crippen LogP contribution in [0.2, 0.25) is 0 Å². The van der Waals surface area contributed by atoms with Gasteiger partial charge in [0.25, 0.3) is 0 Å². The van der Waals surface area contributed by atoms with Gasteiger partial charge in [0.2, 0.25) is 0 Å². The number of morpholine rings is 1. The molecule has 0 aliphatic carbocycles. The molecule has 3 heterocycles. The number of carbonyl (C=O) groups is 1. The molecule has 2 aromatic rings. The van der Waals surface area contributed by atoms with Gasteiger partial charge in [0.15, 0.2) is 5.82 Å². The molecule has 0 radical (unpaired) electrons. The highest BCUT2D eigenvalue weighted by Gasteiger charge is 2.29. The van der Waals surface area contributed by atoms with Crippen LogP contribution in [0.25, 0.3) is 0 Å². The van der Waals surface area contributed by atoms with Crippen molar-refractivity contribution >= 4 is 23.2 Å². The van der Waals surface area contributed by atoms with E-state index in [9.17, 15) is 4.79 Å². The van der Waals surface area contributed by atoms with E-state index in [1.807, 2.05) is 23.1 Å². The lowest BCUT2D eigenvalue weighted by Gasteiger charge is -2.32. The second kappa shape index (κ2) is 8.69. The minimum absolute atomic E-state index is 0.0792. The van der Waals surface area contributed by atoms with Gasteiger partial charge in [-0.2, -0.15) is 0 Å². The van der Waals surface area contributed by atoms with Crippen molar-refractivity contribution in [1.29, 1.82) is 0 Å². The van der Waals surface area contributed by atoms with Gasteiger partial charge in [-0.3, -0.25) is 0 Å². The number of carbonyl (C=O) groups excluding carboxylic acids is 1. The summed E-state index contributed by atoms with van der Waals surface area (Å²) in [5.41, 5.74) is 3.11. The minimum atomic E-state index is -0.0792. The maximum Gasteiger partial charge on any atom is 0.322 e. The Labute approximate surface area is 172 Å². The van der Waals surface area contributed by atoms with Crippen molar-refractivity contribution in [2.45, 2.75) is 25.9 Å². The highest BCUT2D eigenvalue weighted by atomic mass is 16.5. The Hall–Kier alpha value is -2.80. The summed E-state index contributed by atoms with van der Waals surface area (Å²) in [6.07, 6.45) is 2.67. The number of amides is 2. The number of para-hydroxylation sites is 1. The molecule has 1 N–H and O–H groups in total. The number of benzene rings is 1. The highest BCUT2D eigenvalue weighted by molar-refractivity contribution is 5.93. The van der Waals surface area contributed by atoms with Gasteiger partial charge in [0.1, 0.15) is 0 Å². The van der Waals surface area contributed by atoms with E-state index in [2.05, 4.69) is 52.3 Å². The van der Waals surface area contributed by atoms with Gasteiger partial charge in [0, 0.05) is 45.1 Å². The molecule has 154 valence electrons. The van der Waals surface area contributed by atoms with Gasteiger partial charge < -0.3 is 24.8 Å². The van der Waals surface area contributed by atoms with E-state index in [1.54, 1.807) is 6.20 Å². The van der Waals surface area contributed by atoms with Gasteiger partial charge >= 0.3 is 6.03 Å². The lowest BCUT2D eigenvalue weighted by Crippen LogP contribution is -2.45. The number of rotatable bonds is 3. The molecule has 7 heteroatoms. The number of hydrogen-bond donors (Lipinski definition) is 1. The highest BCUT2D eigenvalue weighted by Crippen LogP contribution is 2.29. The first-order chi connectivity index (χ1) is 14.2. The molecule has 0 bridgehead atoms. The van der Waals surface area contributed by atoms with Crippen LogP contribution in [0.1, 0.15) is 18.9 Å². The third kappa shape index (κ3) is 4.15. The third-order valence-electron chi connectivity index (χ3n) is 5.74. The Balaban J connectivity index is 1.58. The van der Waals surface area contributed by atoms with E-state index in [0.29, 0.717) is 19.8 Å². The Bertz CT molecular complexity index is 853. The monoisotopic (exact) mass is 395 g/mol. The Morgan fingerprint density at radius 3 is 2.79 bits per heavy atom. The fourth-order valence-electron chi connectivity index (χ4n) is 4.14. The van der Waals surface area contributed by atoms with Crippen LogP contribution in [-0.4, -0.2) is 61.9 Å². The summed E-state index contributed by atoms with van der Waals surface area (Å²) in [6, 6.07) is 12.2. The van der Waals surface area contributed by atoms with Crippen molar-refractivity contribution in [3.05, 3.63) is 48.2 Å². The fraction of sp³-hybridized carbons (Fsp3) is 0.455. The molecule has 1 atom stereocenters.